The van der Waals surface area contributed by atoms with E-state index < -0.39 is 12.1 Å². The number of urea groups is 1. The van der Waals surface area contributed by atoms with Crippen LogP contribution in [0.1, 0.15) is 23.6 Å². The van der Waals surface area contributed by atoms with Crippen LogP contribution in [0.2, 0.25) is 5.02 Å². The number of methoxy groups -OCH3 is 1. The van der Waals surface area contributed by atoms with E-state index in [1.807, 2.05) is 24.3 Å². The summed E-state index contributed by atoms with van der Waals surface area (Å²) in [6, 6.07) is 11.8. The van der Waals surface area contributed by atoms with Gasteiger partial charge in [-0.1, -0.05) is 35.9 Å². The number of fused-ring (bicyclic) bond motifs is 2. The SMILES string of the molecule is COC(=O)n1nc(N(C(N)=O)C2CCc3c(Cl)cccc32)c2ccccc21. The van der Waals surface area contributed by atoms with Crippen molar-refractivity contribution in [1.82, 2.24) is 9.78 Å². The number of carbonyl (C=O) groups excluding carboxylic acids is 2. The maximum absolute atomic E-state index is 12.4. The van der Waals surface area contributed by atoms with Crippen molar-refractivity contribution in [2.24, 2.45) is 5.73 Å². The van der Waals surface area contributed by atoms with Crippen LogP contribution in [-0.2, 0) is 11.2 Å². The average Bonchev–Trinajstić information content (AvgIpc) is 3.25. The second-order valence-corrected chi connectivity index (χ2v) is 6.70. The van der Waals surface area contributed by atoms with Gasteiger partial charge in [0.25, 0.3) is 0 Å². The molecule has 7 nitrogen and oxygen atoms in total. The van der Waals surface area contributed by atoms with Crippen molar-refractivity contribution in [3.05, 3.63) is 58.6 Å². The molecule has 0 saturated carbocycles. The van der Waals surface area contributed by atoms with Crippen molar-refractivity contribution in [2.75, 3.05) is 12.0 Å². The van der Waals surface area contributed by atoms with E-state index in [-0.39, 0.29) is 6.04 Å². The van der Waals surface area contributed by atoms with Gasteiger partial charge >= 0.3 is 12.1 Å². The van der Waals surface area contributed by atoms with Gasteiger partial charge in [0, 0.05) is 10.4 Å². The summed E-state index contributed by atoms with van der Waals surface area (Å²) >= 11 is 6.31. The number of primary amides is 1. The molecule has 0 radical (unpaired) electrons. The van der Waals surface area contributed by atoms with Crippen molar-refractivity contribution in [3.63, 3.8) is 0 Å². The van der Waals surface area contributed by atoms with Gasteiger partial charge in [-0.25, -0.2) is 9.59 Å². The quantitative estimate of drug-likeness (QED) is 0.725. The molecule has 2 aromatic carbocycles. The number of halogens is 1. The molecule has 1 aromatic heterocycles. The zero-order chi connectivity index (χ0) is 19.1. The third kappa shape index (κ3) is 2.71. The third-order valence-electron chi connectivity index (χ3n) is 4.87. The molecule has 1 heterocycles. The molecule has 3 aromatic rings. The third-order valence-corrected chi connectivity index (χ3v) is 5.23. The zero-order valence-electron chi connectivity index (χ0n) is 14.6. The lowest BCUT2D eigenvalue weighted by Gasteiger charge is -2.26. The second-order valence-electron chi connectivity index (χ2n) is 6.29. The van der Waals surface area contributed by atoms with Crippen LogP contribution in [0, 0.1) is 0 Å². The van der Waals surface area contributed by atoms with Crippen molar-refractivity contribution >= 4 is 40.4 Å². The maximum atomic E-state index is 12.4. The molecular formula is C19H17ClN4O3. The fourth-order valence-corrected chi connectivity index (χ4v) is 3.99. The molecule has 2 amide bonds. The Kier molecular flexibility index (Phi) is 4.24. The summed E-state index contributed by atoms with van der Waals surface area (Å²) in [5, 5.41) is 5.66. The van der Waals surface area contributed by atoms with Crippen LogP contribution in [0.4, 0.5) is 15.4 Å². The number of anilines is 1. The normalized spacial score (nSPS) is 15.6. The fourth-order valence-electron chi connectivity index (χ4n) is 3.72. The summed E-state index contributed by atoms with van der Waals surface area (Å²) in [5.41, 5.74) is 8.23. The van der Waals surface area contributed by atoms with Crippen molar-refractivity contribution in [2.45, 2.75) is 18.9 Å². The van der Waals surface area contributed by atoms with Crippen molar-refractivity contribution in [3.8, 4) is 0 Å². The number of benzene rings is 2. The van der Waals surface area contributed by atoms with E-state index >= 15 is 0 Å². The lowest BCUT2D eigenvalue weighted by molar-refractivity contribution is 0.170. The minimum Gasteiger partial charge on any atom is -0.451 e. The van der Waals surface area contributed by atoms with Gasteiger partial charge in [0.2, 0.25) is 0 Å². The van der Waals surface area contributed by atoms with Crippen LogP contribution >= 0.6 is 11.6 Å². The van der Waals surface area contributed by atoms with Gasteiger partial charge in [0.15, 0.2) is 5.82 Å². The van der Waals surface area contributed by atoms with E-state index in [4.69, 9.17) is 22.1 Å². The van der Waals surface area contributed by atoms with E-state index in [0.717, 1.165) is 22.2 Å². The monoisotopic (exact) mass is 384 g/mol. The molecule has 8 heteroatoms. The van der Waals surface area contributed by atoms with Crippen LogP contribution in [0.5, 0.6) is 0 Å². The number of aromatic nitrogens is 2. The van der Waals surface area contributed by atoms with Gasteiger partial charge in [-0.15, -0.1) is 5.10 Å². The lowest BCUT2D eigenvalue weighted by atomic mass is 10.1. The van der Waals surface area contributed by atoms with Gasteiger partial charge in [-0.05, 0) is 42.2 Å². The number of para-hydroxylation sites is 1. The Labute approximate surface area is 160 Å². The zero-order valence-corrected chi connectivity index (χ0v) is 15.3. The molecule has 0 saturated heterocycles. The number of amides is 2. The summed E-state index contributed by atoms with van der Waals surface area (Å²) in [7, 11) is 1.28. The smallest absolute Gasteiger partial charge is 0.435 e. The lowest BCUT2D eigenvalue weighted by Crippen LogP contribution is -2.38. The summed E-state index contributed by atoms with van der Waals surface area (Å²) in [6.07, 6.45) is 0.761. The van der Waals surface area contributed by atoms with E-state index in [9.17, 15) is 9.59 Å². The summed E-state index contributed by atoms with van der Waals surface area (Å²) in [6.45, 7) is 0. The predicted molar refractivity (Wildman–Crippen MR) is 102 cm³/mol. The van der Waals surface area contributed by atoms with Crippen LogP contribution in [0.15, 0.2) is 42.5 Å². The Morgan fingerprint density at radius 2 is 2.04 bits per heavy atom. The number of nitrogens with two attached hydrogens (primary N) is 1. The van der Waals surface area contributed by atoms with Crippen molar-refractivity contribution in [1.29, 1.82) is 0 Å². The van der Waals surface area contributed by atoms with Crippen LogP contribution in [0.3, 0.4) is 0 Å². The molecule has 27 heavy (non-hydrogen) atoms. The highest BCUT2D eigenvalue weighted by atomic mass is 35.5. The second kappa shape index (κ2) is 6.59. The molecule has 1 aliphatic carbocycles. The average molecular weight is 385 g/mol. The topological polar surface area (TPSA) is 90.5 Å². The number of rotatable bonds is 2. The largest absolute Gasteiger partial charge is 0.451 e. The summed E-state index contributed by atoms with van der Waals surface area (Å²) in [5.74, 6) is 0.321. The van der Waals surface area contributed by atoms with E-state index in [0.29, 0.717) is 28.2 Å². The first-order chi connectivity index (χ1) is 13.0. The molecule has 4 rings (SSSR count). The summed E-state index contributed by atoms with van der Waals surface area (Å²) < 4.78 is 5.94. The minimum absolute atomic E-state index is 0.305. The van der Waals surface area contributed by atoms with Gasteiger partial charge in [0.05, 0.1) is 18.7 Å². The predicted octanol–water partition coefficient (Wildman–Crippen LogP) is 3.88. The molecule has 0 aliphatic heterocycles. The van der Waals surface area contributed by atoms with Gasteiger partial charge in [0.1, 0.15) is 0 Å². The Bertz CT molecular complexity index is 1060. The first-order valence-corrected chi connectivity index (χ1v) is 8.82. The number of hydrogen-bond acceptors (Lipinski definition) is 4. The Morgan fingerprint density at radius 3 is 2.78 bits per heavy atom. The number of nitrogens with zero attached hydrogens (tertiary/aromatic N) is 3. The highest BCUT2D eigenvalue weighted by Gasteiger charge is 2.35. The minimum atomic E-state index is -0.645. The molecular weight excluding hydrogens is 368 g/mol. The molecule has 1 unspecified atom stereocenters. The Morgan fingerprint density at radius 1 is 1.26 bits per heavy atom. The van der Waals surface area contributed by atoms with E-state index in [2.05, 4.69) is 5.10 Å². The molecule has 0 bridgehead atoms. The molecule has 2 N–H and O–H groups in total. The number of ether oxygens (including phenoxy) is 1. The number of carbonyl (C=O) groups is 2. The van der Waals surface area contributed by atoms with Crippen LogP contribution < -0.4 is 10.6 Å². The Hall–Kier alpha value is -3.06. The maximum Gasteiger partial charge on any atom is 0.435 e. The van der Waals surface area contributed by atoms with Gasteiger partial charge in [-0.3, -0.25) is 4.90 Å². The highest BCUT2D eigenvalue weighted by molar-refractivity contribution is 6.31. The fraction of sp³-hybridized carbons (Fsp3) is 0.211. The van der Waals surface area contributed by atoms with Crippen LogP contribution in [-0.4, -0.2) is 29.0 Å². The van der Waals surface area contributed by atoms with Crippen molar-refractivity contribution < 1.29 is 14.3 Å². The number of hydrogen-bond donors (Lipinski definition) is 1. The molecule has 0 fully saturated rings. The molecule has 0 spiro atoms. The molecule has 138 valence electrons. The molecule has 1 aliphatic rings. The Balaban J connectivity index is 1.90. The van der Waals surface area contributed by atoms with Crippen LogP contribution in [0.25, 0.3) is 10.9 Å². The first kappa shape index (κ1) is 17.4. The molecule has 1 atom stereocenters. The first-order valence-electron chi connectivity index (χ1n) is 8.45. The highest BCUT2D eigenvalue weighted by Crippen LogP contribution is 2.42. The van der Waals surface area contributed by atoms with Gasteiger partial charge < -0.3 is 10.5 Å². The standard InChI is InChI=1S/C19H17ClN4O3/c1-27-19(26)24-16-8-3-2-5-13(16)17(22-24)23(18(21)25)15-10-9-11-12(15)6-4-7-14(11)20/h2-8,15H,9-10H2,1H3,(H2,21,25). The van der Waals surface area contributed by atoms with E-state index in [1.165, 1.54) is 12.0 Å². The summed E-state index contributed by atoms with van der Waals surface area (Å²) in [4.78, 5) is 26.0. The van der Waals surface area contributed by atoms with E-state index in [1.54, 1.807) is 18.2 Å². The van der Waals surface area contributed by atoms with Gasteiger partial charge in [-0.2, -0.15) is 4.68 Å².